The second-order valence-electron chi connectivity index (χ2n) is 8.76. The third-order valence-electron chi connectivity index (χ3n) is 6.12. The predicted molar refractivity (Wildman–Crippen MR) is 129 cm³/mol. The molecule has 0 unspecified atom stereocenters. The van der Waals surface area contributed by atoms with E-state index in [9.17, 15) is 9.59 Å². The van der Waals surface area contributed by atoms with E-state index in [1.807, 2.05) is 24.3 Å². The summed E-state index contributed by atoms with van der Waals surface area (Å²) in [6.07, 6.45) is 1.91. The Morgan fingerprint density at radius 1 is 1.24 bits per heavy atom. The SMILES string of the molecule is COCCN(C)C(=O)c1cc(N2CCOC[C@@H]2C)nc(-c2ccc(N(C(N)=O)C3CC3)cc2)n1. The summed E-state index contributed by atoms with van der Waals surface area (Å²) >= 11 is 0. The van der Waals surface area contributed by atoms with Gasteiger partial charge in [-0.05, 0) is 44.0 Å². The van der Waals surface area contributed by atoms with Gasteiger partial charge in [0, 0.05) is 50.6 Å². The number of rotatable bonds is 8. The molecule has 2 N–H and O–H groups in total. The first kappa shape index (κ1) is 23.9. The number of nitrogens with zero attached hydrogens (tertiary/aromatic N) is 5. The molecule has 34 heavy (non-hydrogen) atoms. The van der Waals surface area contributed by atoms with E-state index in [1.54, 1.807) is 30.0 Å². The van der Waals surface area contributed by atoms with E-state index in [0.29, 0.717) is 50.2 Å². The lowest BCUT2D eigenvalue weighted by Gasteiger charge is -2.34. The molecule has 1 aliphatic carbocycles. The molecule has 2 heterocycles. The number of anilines is 2. The summed E-state index contributed by atoms with van der Waals surface area (Å²) in [5, 5.41) is 0. The van der Waals surface area contributed by atoms with Gasteiger partial charge in [0.1, 0.15) is 11.5 Å². The maximum absolute atomic E-state index is 13.1. The maximum atomic E-state index is 13.1. The minimum atomic E-state index is -0.457. The van der Waals surface area contributed by atoms with Gasteiger partial charge in [-0.3, -0.25) is 9.69 Å². The average Bonchev–Trinajstić information content (AvgIpc) is 3.67. The van der Waals surface area contributed by atoms with Gasteiger partial charge in [-0.25, -0.2) is 14.8 Å². The number of amides is 3. The van der Waals surface area contributed by atoms with Gasteiger partial charge < -0.3 is 25.0 Å². The lowest BCUT2D eigenvalue weighted by molar-refractivity contribution is 0.0738. The number of nitrogens with two attached hydrogens (primary N) is 1. The highest BCUT2D eigenvalue weighted by Gasteiger charge is 2.32. The molecule has 2 fully saturated rings. The molecular weight excluding hydrogens is 436 g/mol. The van der Waals surface area contributed by atoms with Crippen molar-refractivity contribution in [2.24, 2.45) is 5.73 Å². The Hall–Kier alpha value is -3.24. The molecule has 1 aliphatic heterocycles. The summed E-state index contributed by atoms with van der Waals surface area (Å²) in [4.78, 5) is 39.8. The molecule has 10 heteroatoms. The Balaban J connectivity index is 1.68. The number of methoxy groups -OCH3 is 1. The number of hydrogen-bond acceptors (Lipinski definition) is 7. The monoisotopic (exact) mass is 468 g/mol. The highest BCUT2D eigenvalue weighted by Crippen LogP contribution is 2.32. The zero-order valence-corrected chi connectivity index (χ0v) is 19.9. The fourth-order valence-corrected chi connectivity index (χ4v) is 4.03. The van der Waals surface area contributed by atoms with Crippen LogP contribution in [-0.4, -0.2) is 86.0 Å². The number of carbonyl (C=O) groups excluding carboxylic acids is 2. The molecule has 182 valence electrons. The second-order valence-corrected chi connectivity index (χ2v) is 8.76. The number of primary amides is 1. The first-order valence-electron chi connectivity index (χ1n) is 11.6. The van der Waals surface area contributed by atoms with Crippen molar-refractivity contribution in [2.75, 3.05) is 56.9 Å². The van der Waals surface area contributed by atoms with Crippen LogP contribution in [0.25, 0.3) is 11.4 Å². The lowest BCUT2D eigenvalue weighted by Crippen LogP contribution is -2.44. The van der Waals surface area contributed by atoms with E-state index in [4.69, 9.17) is 20.2 Å². The summed E-state index contributed by atoms with van der Waals surface area (Å²) < 4.78 is 10.7. The van der Waals surface area contributed by atoms with Gasteiger partial charge in [0.2, 0.25) is 0 Å². The zero-order valence-electron chi connectivity index (χ0n) is 19.9. The molecule has 1 aromatic heterocycles. The molecule has 1 aromatic carbocycles. The van der Waals surface area contributed by atoms with Crippen LogP contribution in [0.5, 0.6) is 0 Å². The maximum Gasteiger partial charge on any atom is 0.319 e. The molecule has 2 aliphatic rings. The van der Waals surface area contributed by atoms with Crippen molar-refractivity contribution in [2.45, 2.75) is 31.8 Å². The van der Waals surface area contributed by atoms with E-state index in [2.05, 4.69) is 16.8 Å². The fourth-order valence-electron chi connectivity index (χ4n) is 4.03. The molecule has 10 nitrogen and oxygen atoms in total. The third-order valence-corrected chi connectivity index (χ3v) is 6.12. The predicted octanol–water partition coefficient (Wildman–Crippen LogP) is 2.13. The molecule has 3 amide bonds. The summed E-state index contributed by atoms with van der Waals surface area (Å²) in [6, 6.07) is 8.98. The van der Waals surface area contributed by atoms with Crippen LogP contribution in [-0.2, 0) is 9.47 Å². The van der Waals surface area contributed by atoms with Crippen molar-refractivity contribution < 1.29 is 19.1 Å². The summed E-state index contributed by atoms with van der Waals surface area (Å²) in [5.41, 5.74) is 7.40. The number of hydrogen-bond donors (Lipinski definition) is 1. The standard InChI is InChI=1S/C24H32N6O4/c1-16-15-34-13-11-29(16)21-14-20(23(31)28(2)10-12-33-3)26-22(27-21)17-4-6-18(7-5-17)30(24(25)32)19-8-9-19/h4-7,14,16,19H,8-13,15H2,1-3H3,(H2,25,32)/t16-/m0/s1. The first-order chi connectivity index (χ1) is 16.4. The van der Waals surface area contributed by atoms with Crippen molar-refractivity contribution in [3.63, 3.8) is 0 Å². The highest BCUT2D eigenvalue weighted by atomic mass is 16.5. The minimum absolute atomic E-state index is 0.121. The quantitative estimate of drug-likeness (QED) is 0.631. The van der Waals surface area contributed by atoms with Gasteiger partial charge in [0.05, 0.1) is 25.9 Å². The topological polar surface area (TPSA) is 114 Å². The summed E-state index contributed by atoms with van der Waals surface area (Å²) in [5.74, 6) is 0.932. The van der Waals surface area contributed by atoms with E-state index < -0.39 is 6.03 Å². The van der Waals surface area contributed by atoms with Crippen molar-refractivity contribution in [1.82, 2.24) is 14.9 Å². The molecule has 0 radical (unpaired) electrons. The molecule has 1 atom stereocenters. The van der Waals surface area contributed by atoms with E-state index in [-0.39, 0.29) is 18.0 Å². The lowest BCUT2D eigenvalue weighted by atomic mass is 10.1. The van der Waals surface area contributed by atoms with Crippen molar-refractivity contribution >= 4 is 23.4 Å². The third kappa shape index (κ3) is 5.28. The normalized spacial score (nSPS) is 18.0. The van der Waals surface area contributed by atoms with Gasteiger partial charge in [0.25, 0.3) is 5.91 Å². The molecule has 4 rings (SSSR count). The molecule has 0 bridgehead atoms. The number of aromatic nitrogens is 2. The summed E-state index contributed by atoms with van der Waals surface area (Å²) in [6.45, 7) is 4.83. The number of urea groups is 1. The smallest absolute Gasteiger partial charge is 0.319 e. The molecule has 1 saturated carbocycles. The van der Waals surface area contributed by atoms with Crippen LogP contribution in [0, 0.1) is 0 Å². The molecular formula is C24H32N6O4. The van der Waals surface area contributed by atoms with Gasteiger partial charge in [-0.15, -0.1) is 0 Å². The number of likely N-dealkylation sites (N-methyl/N-ethyl adjacent to an activating group) is 1. The van der Waals surface area contributed by atoms with Crippen LogP contribution in [0.3, 0.4) is 0 Å². The number of benzene rings is 1. The van der Waals surface area contributed by atoms with Crippen LogP contribution < -0.4 is 15.5 Å². The van der Waals surface area contributed by atoms with Gasteiger partial charge in [-0.1, -0.05) is 0 Å². The first-order valence-corrected chi connectivity index (χ1v) is 11.6. The fraction of sp³-hybridized carbons (Fsp3) is 0.500. The largest absolute Gasteiger partial charge is 0.383 e. The van der Waals surface area contributed by atoms with Crippen molar-refractivity contribution in [3.05, 3.63) is 36.0 Å². The van der Waals surface area contributed by atoms with Crippen LogP contribution in [0.2, 0.25) is 0 Å². The molecule has 0 spiro atoms. The molecule has 2 aromatic rings. The average molecular weight is 469 g/mol. The Labute approximate surface area is 199 Å². The number of morpholine rings is 1. The minimum Gasteiger partial charge on any atom is -0.383 e. The highest BCUT2D eigenvalue weighted by molar-refractivity contribution is 5.94. The van der Waals surface area contributed by atoms with E-state index in [1.165, 1.54) is 0 Å². The van der Waals surface area contributed by atoms with Crippen LogP contribution in [0.1, 0.15) is 30.3 Å². The Kier molecular flexibility index (Phi) is 7.28. The number of carbonyl (C=O) groups is 2. The zero-order chi connectivity index (χ0) is 24.2. The second kappa shape index (κ2) is 10.4. The number of ether oxygens (including phenoxy) is 2. The van der Waals surface area contributed by atoms with Gasteiger partial charge in [-0.2, -0.15) is 0 Å². The van der Waals surface area contributed by atoms with Crippen molar-refractivity contribution in [3.8, 4) is 11.4 Å². The van der Waals surface area contributed by atoms with Gasteiger partial charge >= 0.3 is 6.03 Å². The van der Waals surface area contributed by atoms with Gasteiger partial charge in [0.15, 0.2) is 5.82 Å². The van der Waals surface area contributed by atoms with Crippen LogP contribution in [0.15, 0.2) is 30.3 Å². The summed E-state index contributed by atoms with van der Waals surface area (Å²) in [7, 11) is 3.33. The van der Waals surface area contributed by atoms with Crippen molar-refractivity contribution in [1.29, 1.82) is 0 Å². The Morgan fingerprint density at radius 3 is 2.59 bits per heavy atom. The van der Waals surface area contributed by atoms with Crippen LogP contribution in [0.4, 0.5) is 16.3 Å². The van der Waals surface area contributed by atoms with E-state index >= 15 is 0 Å². The Bertz CT molecular complexity index is 1030. The molecule has 1 saturated heterocycles. The van der Waals surface area contributed by atoms with Crippen LogP contribution >= 0.6 is 0 Å². The Morgan fingerprint density at radius 2 is 1.97 bits per heavy atom. The van der Waals surface area contributed by atoms with E-state index in [0.717, 1.165) is 24.1 Å².